The summed E-state index contributed by atoms with van der Waals surface area (Å²) in [5.41, 5.74) is 2.43. The first-order chi connectivity index (χ1) is 10.8. The lowest BCUT2D eigenvalue weighted by molar-refractivity contribution is 0.411. The summed E-state index contributed by atoms with van der Waals surface area (Å²) in [4.78, 5) is 0.262. The minimum atomic E-state index is -3.62. The molecular formula is C17H20BrNO3S. The highest BCUT2D eigenvalue weighted by molar-refractivity contribution is 9.10. The van der Waals surface area contributed by atoms with Crippen LogP contribution in [0, 0.1) is 13.8 Å². The number of hydrogen-bond donors (Lipinski definition) is 0. The molecule has 0 atom stereocenters. The Morgan fingerprint density at radius 1 is 1.09 bits per heavy atom. The van der Waals surface area contributed by atoms with Crippen LogP contribution in [0.3, 0.4) is 0 Å². The van der Waals surface area contributed by atoms with Gasteiger partial charge in [0, 0.05) is 11.0 Å². The lowest BCUT2D eigenvalue weighted by atomic mass is 10.2. The van der Waals surface area contributed by atoms with Crippen molar-refractivity contribution in [2.75, 3.05) is 18.0 Å². The summed E-state index contributed by atoms with van der Waals surface area (Å²) in [7, 11) is -2.05. The van der Waals surface area contributed by atoms with Gasteiger partial charge in [0.1, 0.15) is 5.75 Å². The van der Waals surface area contributed by atoms with Gasteiger partial charge in [0.25, 0.3) is 10.0 Å². The average Bonchev–Trinajstić information content (AvgIpc) is 2.51. The van der Waals surface area contributed by atoms with Gasteiger partial charge in [-0.2, -0.15) is 0 Å². The number of methoxy groups -OCH3 is 1. The molecule has 0 saturated heterocycles. The molecule has 0 saturated carbocycles. The molecule has 0 aliphatic carbocycles. The molecule has 0 fully saturated rings. The Kier molecular flexibility index (Phi) is 5.37. The highest BCUT2D eigenvalue weighted by atomic mass is 79.9. The van der Waals surface area contributed by atoms with Crippen LogP contribution in [0.1, 0.15) is 18.1 Å². The second-order valence-electron chi connectivity index (χ2n) is 5.23. The molecule has 2 rings (SSSR count). The Morgan fingerprint density at radius 3 is 2.30 bits per heavy atom. The van der Waals surface area contributed by atoms with Gasteiger partial charge in [-0.25, -0.2) is 8.42 Å². The van der Waals surface area contributed by atoms with E-state index in [-0.39, 0.29) is 4.90 Å². The van der Waals surface area contributed by atoms with E-state index in [0.29, 0.717) is 18.0 Å². The second-order valence-corrected chi connectivity index (χ2v) is 7.95. The van der Waals surface area contributed by atoms with E-state index in [1.54, 1.807) is 31.4 Å². The number of ether oxygens (including phenoxy) is 1. The van der Waals surface area contributed by atoms with Crippen molar-refractivity contribution >= 4 is 31.6 Å². The molecule has 0 aliphatic rings. The van der Waals surface area contributed by atoms with Crippen molar-refractivity contribution in [3.8, 4) is 5.75 Å². The van der Waals surface area contributed by atoms with Crippen LogP contribution in [-0.4, -0.2) is 22.1 Å². The van der Waals surface area contributed by atoms with Gasteiger partial charge in [0.05, 0.1) is 17.7 Å². The van der Waals surface area contributed by atoms with E-state index in [1.807, 2.05) is 32.9 Å². The van der Waals surface area contributed by atoms with Gasteiger partial charge in [0.2, 0.25) is 0 Å². The molecule has 0 heterocycles. The summed E-state index contributed by atoms with van der Waals surface area (Å²) in [6.07, 6.45) is 0. The van der Waals surface area contributed by atoms with Gasteiger partial charge in [-0.15, -0.1) is 0 Å². The Balaban J connectivity index is 2.50. The smallest absolute Gasteiger partial charge is 0.264 e. The SMILES string of the molecule is CCN(c1ccc(Br)c(C)c1)S(=O)(=O)c1ccc(OC)c(C)c1. The van der Waals surface area contributed by atoms with Crippen LogP contribution in [0.25, 0.3) is 0 Å². The quantitative estimate of drug-likeness (QED) is 0.755. The summed E-state index contributed by atoms with van der Waals surface area (Å²) in [6.45, 7) is 5.95. The van der Waals surface area contributed by atoms with Crippen molar-refractivity contribution in [3.63, 3.8) is 0 Å². The fraction of sp³-hybridized carbons (Fsp3) is 0.294. The highest BCUT2D eigenvalue weighted by Crippen LogP contribution is 2.29. The van der Waals surface area contributed by atoms with Gasteiger partial charge in [0.15, 0.2) is 0 Å². The Labute approximate surface area is 146 Å². The number of anilines is 1. The number of hydrogen-bond acceptors (Lipinski definition) is 3. The third kappa shape index (κ3) is 3.53. The van der Waals surface area contributed by atoms with E-state index >= 15 is 0 Å². The predicted octanol–water partition coefficient (Wildman–Crippen LogP) is 4.29. The van der Waals surface area contributed by atoms with Crippen LogP contribution in [-0.2, 0) is 10.0 Å². The normalized spacial score (nSPS) is 11.3. The average molecular weight is 398 g/mol. The summed E-state index contributed by atoms with van der Waals surface area (Å²) in [6, 6.07) is 10.4. The Bertz CT molecular complexity index is 819. The number of aryl methyl sites for hydroxylation is 2. The van der Waals surface area contributed by atoms with E-state index in [9.17, 15) is 8.42 Å². The van der Waals surface area contributed by atoms with Gasteiger partial charge in [-0.3, -0.25) is 4.31 Å². The van der Waals surface area contributed by atoms with E-state index in [2.05, 4.69) is 15.9 Å². The number of halogens is 1. The maximum Gasteiger partial charge on any atom is 0.264 e. The fourth-order valence-electron chi connectivity index (χ4n) is 2.41. The summed E-state index contributed by atoms with van der Waals surface area (Å²) in [5.74, 6) is 0.673. The molecule has 2 aromatic rings. The molecule has 2 aromatic carbocycles. The minimum absolute atomic E-state index is 0.262. The zero-order valence-corrected chi connectivity index (χ0v) is 16.0. The van der Waals surface area contributed by atoms with Crippen LogP contribution in [0.2, 0.25) is 0 Å². The molecule has 23 heavy (non-hydrogen) atoms. The van der Waals surface area contributed by atoms with Crippen molar-refractivity contribution < 1.29 is 13.2 Å². The maximum absolute atomic E-state index is 13.0. The molecule has 0 bridgehead atoms. The molecule has 0 unspecified atom stereocenters. The molecule has 4 nitrogen and oxygen atoms in total. The summed E-state index contributed by atoms with van der Waals surface area (Å²) >= 11 is 3.44. The highest BCUT2D eigenvalue weighted by Gasteiger charge is 2.24. The number of benzene rings is 2. The van der Waals surface area contributed by atoms with Gasteiger partial charge < -0.3 is 4.74 Å². The summed E-state index contributed by atoms with van der Waals surface area (Å²) < 4.78 is 33.5. The largest absolute Gasteiger partial charge is 0.496 e. The molecule has 0 N–H and O–H groups in total. The maximum atomic E-state index is 13.0. The zero-order chi connectivity index (χ0) is 17.2. The van der Waals surface area contributed by atoms with Gasteiger partial charge in [-0.1, -0.05) is 15.9 Å². The van der Waals surface area contributed by atoms with Crippen LogP contribution >= 0.6 is 15.9 Å². The number of rotatable bonds is 5. The van der Waals surface area contributed by atoms with Crippen LogP contribution < -0.4 is 9.04 Å². The molecule has 0 aromatic heterocycles. The van der Waals surface area contributed by atoms with Crippen molar-refractivity contribution in [2.24, 2.45) is 0 Å². The molecule has 0 amide bonds. The monoisotopic (exact) mass is 397 g/mol. The molecule has 6 heteroatoms. The molecule has 0 spiro atoms. The third-order valence-electron chi connectivity index (χ3n) is 3.67. The second kappa shape index (κ2) is 6.93. The first-order valence-electron chi connectivity index (χ1n) is 7.24. The first-order valence-corrected chi connectivity index (χ1v) is 9.48. The minimum Gasteiger partial charge on any atom is -0.496 e. The van der Waals surface area contributed by atoms with Crippen molar-refractivity contribution in [3.05, 3.63) is 52.0 Å². The van der Waals surface area contributed by atoms with E-state index < -0.39 is 10.0 Å². The lowest BCUT2D eigenvalue weighted by Crippen LogP contribution is -2.30. The first kappa shape index (κ1) is 17.8. The fourth-order valence-corrected chi connectivity index (χ4v) is 4.21. The topological polar surface area (TPSA) is 46.6 Å². The number of sulfonamides is 1. The van der Waals surface area contributed by atoms with Crippen LogP contribution in [0.15, 0.2) is 45.8 Å². The van der Waals surface area contributed by atoms with E-state index in [1.165, 1.54) is 4.31 Å². The van der Waals surface area contributed by atoms with Crippen molar-refractivity contribution in [2.45, 2.75) is 25.7 Å². The Hall–Kier alpha value is -1.53. The van der Waals surface area contributed by atoms with Gasteiger partial charge >= 0.3 is 0 Å². The Morgan fingerprint density at radius 2 is 1.78 bits per heavy atom. The van der Waals surface area contributed by atoms with Gasteiger partial charge in [-0.05, 0) is 68.3 Å². The molecule has 0 aliphatic heterocycles. The predicted molar refractivity (Wildman–Crippen MR) is 96.8 cm³/mol. The van der Waals surface area contributed by atoms with Crippen molar-refractivity contribution in [1.29, 1.82) is 0 Å². The molecule has 124 valence electrons. The zero-order valence-electron chi connectivity index (χ0n) is 13.6. The molecule has 0 radical (unpaired) electrons. The summed E-state index contributed by atoms with van der Waals surface area (Å²) in [5, 5.41) is 0. The molecular weight excluding hydrogens is 378 g/mol. The van der Waals surface area contributed by atoms with E-state index in [4.69, 9.17) is 4.74 Å². The standard InChI is InChI=1S/C17H20BrNO3S/c1-5-19(14-6-8-16(18)12(2)10-14)23(20,21)15-7-9-17(22-4)13(3)11-15/h6-11H,5H2,1-4H3. The van der Waals surface area contributed by atoms with E-state index in [0.717, 1.165) is 15.6 Å². The third-order valence-corrected chi connectivity index (χ3v) is 6.46. The van der Waals surface area contributed by atoms with Crippen LogP contribution in [0.5, 0.6) is 5.75 Å². The number of nitrogens with zero attached hydrogens (tertiary/aromatic N) is 1. The lowest BCUT2D eigenvalue weighted by Gasteiger charge is -2.24. The van der Waals surface area contributed by atoms with Crippen LogP contribution in [0.4, 0.5) is 5.69 Å². The van der Waals surface area contributed by atoms with Crippen molar-refractivity contribution in [1.82, 2.24) is 0 Å².